The van der Waals surface area contributed by atoms with E-state index in [4.69, 9.17) is 9.15 Å². The maximum atomic E-state index is 13.0. The number of halogens is 1. The van der Waals surface area contributed by atoms with Crippen molar-refractivity contribution in [2.24, 2.45) is 0 Å². The molecule has 27 heavy (non-hydrogen) atoms. The van der Waals surface area contributed by atoms with Crippen molar-refractivity contribution in [3.63, 3.8) is 0 Å². The monoisotopic (exact) mass is 396 g/mol. The Kier molecular flexibility index (Phi) is 6.31. The number of nitrogens with one attached hydrogen (secondary N) is 1. The van der Waals surface area contributed by atoms with Crippen molar-refractivity contribution >= 4 is 10.0 Å². The minimum absolute atomic E-state index is 0.0258. The van der Waals surface area contributed by atoms with Crippen LogP contribution in [-0.2, 0) is 21.3 Å². The first kappa shape index (κ1) is 20.0. The average Bonchev–Trinajstić information content (AvgIpc) is 3.07. The Hall–Kier alpha value is -1.74. The molecule has 1 saturated heterocycles. The zero-order valence-electron chi connectivity index (χ0n) is 15.5. The lowest BCUT2D eigenvalue weighted by Gasteiger charge is -2.34. The summed E-state index contributed by atoms with van der Waals surface area (Å²) < 4.78 is 50.8. The Morgan fingerprint density at radius 1 is 1.11 bits per heavy atom. The summed E-state index contributed by atoms with van der Waals surface area (Å²) in [4.78, 5) is 0. The average molecular weight is 396 g/mol. The molecule has 1 aliphatic heterocycles. The van der Waals surface area contributed by atoms with E-state index in [9.17, 15) is 12.8 Å². The van der Waals surface area contributed by atoms with Crippen LogP contribution in [0.2, 0.25) is 0 Å². The third-order valence-corrected chi connectivity index (χ3v) is 6.21. The molecule has 0 spiro atoms. The van der Waals surface area contributed by atoms with Crippen molar-refractivity contribution in [3.8, 4) is 11.3 Å². The molecule has 3 rings (SSSR count). The molecule has 1 aromatic heterocycles. The highest BCUT2D eigenvalue weighted by molar-refractivity contribution is 7.89. The second-order valence-corrected chi connectivity index (χ2v) is 8.93. The minimum atomic E-state index is -3.32. The van der Waals surface area contributed by atoms with Gasteiger partial charge in [-0.2, -0.15) is 4.31 Å². The fraction of sp³-hybridized carbons (Fsp3) is 0.474. The van der Waals surface area contributed by atoms with Crippen LogP contribution in [0.4, 0.5) is 4.39 Å². The van der Waals surface area contributed by atoms with E-state index in [1.807, 2.05) is 26.0 Å². The number of rotatable bonds is 7. The minimum Gasteiger partial charge on any atom is -0.460 e. The van der Waals surface area contributed by atoms with Gasteiger partial charge in [0.05, 0.1) is 24.5 Å². The smallest absolute Gasteiger partial charge is 0.215 e. The standard InChI is InChI=1S/C19H25FN2O4S/c1-14-12-22(13-15(2)25-14)27(23,24)10-9-21-11-18-7-8-19(26-18)16-3-5-17(20)6-4-16/h3-8,14-15,21H,9-13H2,1-2H3. The highest BCUT2D eigenvalue weighted by Gasteiger charge is 2.30. The highest BCUT2D eigenvalue weighted by Crippen LogP contribution is 2.22. The van der Waals surface area contributed by atoms with Gasteiger partial charge in [-0.1, -0.05) is 0 Å². The summed E-state index contributed by atoms with van der Waals surface area (Å²) in [6, 6.07) is 9.72. The molecular formula is C19H25FN2O4S. The zero-order valence-corrected chi connectivity index (χ0v) is 16.3. The molecule has 2 aromatic rings. The van der Waals surface area contributed by atoms with E-state index in [1.165, 1.54) is 16.4 Å². The first-order valence-electron chi connectivity index (χ1n) is 9.02. The molecule has 148 valence electrons. The van der Waals surface area contributed by atoms with E-state index in [-0.39, 0.29) is 23.8 Å². The first-order valence-corrected chi connectivity index (χ1v) is 10.6. The quantitative estimate of drug-likeness (QED) is 0.729. The Morgan fingerprint density at radius 3 is 2.44 bits per heavy atom. The van der Waals surface area contributed by atoms with Gasteiger partial charge >= 0.3 is 0 Å². The summed E-state index contributed by atoms with van der Waals surface area (Å²) in [5, 5.41) is 3.10. The molecule has 0 aliphatic carbocycles. The molecule has 2 unspecified atom stereocenters. The molecule has 1 N–H and O–H groups in total. The van der Waals surface area contributed by atoms with Crippen LogP contribution in [0.15, 0.2) is 40.8 Å². The van der Waals surface area contributed by atoms with Crippen molar-refractivity contribution in [3.05, 3.63) is 48.0 Å². The van der Waals surface area contributed by atoms with Crippen LogP contribution in [0, 0.1) is 5.82 Å². The summed E-state index contributed by atoms with van der Waals surface area (Å²) in [6.07, 6.45) is -0.186. The zero-order chi connectivity index (χ0) is 19.4. The van der Waals surface area contributed by atoms with Crippen LogP contribution >= 0.6 is 0 Å². The topological polar surface area (TPSA) is 71.8 Å². The summed E-state index contributed by atoms with van der Waals surface area (Å²) in [6.45, 7) is 5.30. The van der Waals surface area contributed by atoms with Crippen molar-refractivity contribution in [1.82, 2.24) is 9.62 Å². The molecule has 0 bridgehead atoms. The predicted octanol–water partition coefficient (Wildman–Crippen LogP) is 2.61. The fourth-order valence-corrected chi connectivity index (χ4v) is 4.68. The lowest BCUT2D eigenvalue weighted by molar-refractivity contribution is -0.0440. The van der Waals surface area contributed by atoms with Crippen molar-refractivity contribution in [1.29, 1.82) is 0 Å². The van der Waals surface area contributed by atoms with Crippen LogP contribution in [0.1, 0.15) is 19.6 Å². The van der Waals surface area contributed by atoms with Crippen molar-refractivity contribution in [2.75, 3.05) is 25.4 Å². The van der Waals surface area contributed by atoms with E-state index >= 15 is 0 Å². The largest absolute Gasteiger partial charge is 0.460 e. The molecule has 6 nitrogen and oxygen atoms in total. The third kappa shape index (κ3) is 5.38. The van der Waals surface area contributed by atoms with Gasteiger partial charge in [-0.3, -0.25) is 0 Å². The van der Waals surface area contributed by atoms with Crippen LogP contribution in [-0.4, -0.2) is 50.3 Å². The van der Waals surface area contributed by atoms with E-state index in [2.05, 4.69) is 5.32 Å². The molecular weight excluding hydrogens is 371 g/mol. The number of morpholine rings is 1. The van der Waals surface area contributed by atoms with E-state index in [0.717, 1.165) is 5.56 Å². The maximum absolute atomic E-state index is 13.0. The van der Waals surface area contributed by atoms with Crippen LogP contribution in [0.3, 0.4) is 0 Å². The number of benzene rings is 1. The second kappa shape index (κ2) is 8.52. The summed E-state index contributed by atoms with van der Waals surface area (Å²) >= 11 is 0. The Labute approximate surface area is 159 Å². The van der Waals surface area contributed by atoms with Crippen LogP contribution in [0.5, 0.6) is 0 Å². The Morgan fingerprint density at radius 2 is 1.78 bits per heavy atom. The van der Waals surface area contributed by atoms with Gasteiger partial charge in [0.15, 0.2) is 0 Å². The van der Waals surface area contributed by atoms with Crippen molar-refractivity contribution < 1.29 is 22.0 Å². The van der Waals surface area contributed by atoms with Gasteiger partial charge in [0.1, 0.15) is 17.3 Å². The molecule has 1 aliphatic rings. The number of hydrogen-bond acceptors (Lipinski definition) is 5. The molecule has 0 amide bonds. The highest BCUT2D eigenvalue weighted by atomic mass is 32.2. The number of furan rings is 1. The molecule has 1 fully saturated rings. The van der Waals surface area contributed by atoms with E-state index in [0.29, 0.717) is 37.7 Å². The van der Waals surface area contributed by atoms with Gasteiger partial charge in [-0.25, -0.2) is 12.8 Å². The predicted molar refractivity (Wildman–Crippen MR) is 101 cm³/mol. The Bertz CT molecular complexity index is 841. The summed E-state index contributed by atoms with van der Waals surface area (Å²) in [7, 11) is -3.32. The normalized spacial score (nSPS) is 21.4. The van der Waals surface area contributed by atoms with E-state index in [1.54, 1.807) is 12.1 Å². The molecule has 0 radical (unpaired) electrons. The SMILES string of the molecule is CC1CN(S(=O)(=O)CCNCc2ccc(-c3ccc(F)cc3)o2)CC(C)O1. The fourth-order valence-electron chi connectivity index (χ4n) is 3.14. The molecule has 1 aromatic carbocycles. The lowest BCUT2D eigenvalue weighted by atomic mass is 10.2. The van der Waals surface area contributed by atoms with Crippen LogP contribution < -0.4 is 5.32 Å². The number of ether oxygens (including phenoxy) is 1. The van der Waals surface area contributed by atoms with Crippen LogP contribution in [0.25, 0.3) is 11.3 Å². The summed E-state index contributed by atoms with van der Waals surface area (Å²) in [5.74, 6) is 1.08. The second-order valence-electron chi connectivity index (χ2n) is 6.84. The van der Waals surface area contributed by atoms with Crippen molar-refractivity contribution in [2.45, 2.75) is 32.6 Å². The Balaban J connectivity index is 1.48. The lowest BCUT2D eigenvalue weighted by Crippen LogP contribution is -2.49. The van der Waals surface area contributed by atoms with Gasteiger partial charge < -0.3 is 14.5 Å². The molecule has 2 atom stereocenters. The first-order chi connectivity index (χ1) is 12.8. The number of nitrogens with zero attached hydrogens (tertiary/aromatic N) is 1. The third-order valence-electron chi connectivity index (χ3n) is 4.41. The molecule has 8 heteroatoms. The van der Waals surface area contributed by atoms with Gasteiger partial charge in [-0.15, -0.1) is 0 Å². The van der Waals surface area contributed by atoms with Gasteiger partial charge in [0.25, 0.3) is 0 Å². The van der Waals surface area contributed by atoms with Gasteiger partial charge in [0.2, 0.25) is 10.0 Å². The molecule has 2 heterocycles. The molecule has 0 saturated carbocycles. The van der Waals surface area contributed by atoms with Gasteiger partial charge in [0, 0.05) is 25.2 Å². The van der Waals surface area contributed by atoms with E-state index < -0.39 is 10.0 Å². The maximum Gasteiger partial charge on any atom is 0.215 e. The summed E-state index contributed by atoms with van der Waals surface area (Å²) in [5.41, 5.74) is 0.792. The number of sulfonamides is 1. The van der Waals surface area contributed by atoms with Gasteiger partial charge in [-0.05, 0) is 50.2 Å². The number of hydrogen-bond donors (Lipinski definition) is 1.